The smallest absolute Gasteiger partial charge is 0.251 e. The Balaban J connectivity index is 2.02. The van der Waals surface area contributed by atoms with Crippen molar-refractivity contribution >= 4 is 17.5 Å². The molecule has 3 rings (SSSR count). The van der Waals surface area contributed by atoms with Gasteiger partial charge in [0.15, 0.2) is 0 Å². The van der Waals surface area contributed by atoms with E-state index in [0.29, 0.717) is 18.7 Å². The fourth-order valence-corrected chi connectivity index (χ4v) is 2.97. The van der Waals surface area contributed by atoms with Gasteiger partial charge in [-0.2, -0.15) is 0 Å². The number of hydrogen-bond donors (Lipinski definition) is 1. The molecule has 0 aromatic heterocycles. The molecule has 2 amide bonds. The number of nitrogens with one attached hydrogen (secondary N) is 1. The summed E-state index contributed by atoms with van der Waals surface area (Å²) >= 11 is 0. The second-order valence-corrected chi connectivity index (χ2v) is 6.03. The van der Waals surface area contributed by atoms with Crippen molar-refractivity contribution in [2.24, 2.45) is 0 Å². The van der Waals surface area contributed by atoms with Crippen LogP contribution in [0.1, 0.15) is 32.6 Å². The Morgan fingerprint density at radius 2 is 2.04 bits per heavy atom. The molecule has 0 unspecified atom stereocenters. The number of benzene rings is 2. The summed E-state index contributed by atoms with van der Waals surface area (Å²) in [5.41, 5.74) is 5.71. The van der Waals surface area contributed by atoms with E-state index in [0.717, 1.165) is 16.8 Å². The van der Waals surface area contributed by atoms with E-state index in [2.05, 4.69) is 37.9 Å². The molecule has 2 aromatic rings. The van der Waals surface area contributed by atoms with E-state index in [1.54, 1.807) is 11.0 Å². The van der Waals surface area contributed by atoms with Crippen molar-refractivity contribution in [1.29, 1.82) is 0 Å². The summed E-state index contributed by atoms with van der Waals surface area (Å²) in [5.74, 6) is -0.273. The number of nitrogens with zero attached hydrogens (tertiary/aromatic N) is 1. The summed E-state index contributed by atoms with van der Waals surface area (Å²) in [7, 11) is 0. The fraction of sp³-hybridized carbons (Fsp3) is 0.200. The first-order valence-corrected chi connectivity index (χ1v) is 7.91. The van der Waals surface area contributed by atoms with E-state index in [1.165, 1.54) is 17.2 Å². The summed E-state index contributed by atoms with van der Waals surface area (Å²) in [5, 5.41) is 2.81. The summed E-state index contributed by atoms with van der Waals surface area (Å²) in [6, 6.07) is 11.6. The molecule has 0 spiro atoms. The van der Waals surface area contributed by atoms with Crippen molar-refractivity contribution in [1.82, 2.24) is 5.32 Å². The van der Waals surface area contributed by atoms with Crippen LogP contribution in [0.15, 0.2) is 49.1 Å². The van der Waals surface area contributed by atoms with Gasteiger partial charge in [-0.25, -0.2) is 0 Å². The highest BCUT2D eigenvalue weighted by atomic mass is 16.2. The molecule has 0 radical (unpaired) electrons. The van der Waals surface area contributed by atoms with Crippen LogP contribution in [0, 0.1) is 13.8 Å². The molecule has 1 heterocycles. The molecule has 0 saturated carbocycles. The molecule has 2 aromatic carbocycles. The predicted molar refractivity (Wildman–Crippen MR) is 94.9 cm³/mol. The summed E-state index contributed by atoms with van der Waals surface area (Å²) in [4.78, 5) is 26.0. The molecule has 0 fully saturated rings. The highest BCUT2D eigenvalue weighted by Crippen LogP contribution is 2.29. The number of carbonyl (C=O) groups is 2. The topological polar surface area (TPSA) is 49.4 Å². The largest absolute Gasteiger partial charge is 0.348 e. The van der Waals surface area contributed by atoms with Gasteiger partial charge >= 0.3 is 0 Å². The summed E-state index contributed by atoms with van der Waals surface area (Å²) < 4.78 is 0. The standard InChI is InChI=1S/C20H20N2O2/c1-4-19(23)22(12-15-9-8-13(2)14(3)10-15)18-7-5-6-16-17(18)11-21-20(16)24/h4-10H,1,11-12H2,2-3H3,(H,21,24). The molecular formula is C20H20N2O2. The molecule has 0 saturated heterocycles. The maximum Gasteiger partial charge on any atom is 0.251 e. The second kappa shape index (κ2) is 6.32. The minimum Gasteiger partial charge on any atom is -0.348 e. The number of amides is 2. The number of fused-ring (bicyclic) bond motifs is 1. The van der Waals surface area contributed by atoms with Gasteiger partial charge in [-0.1, -0.05) is 30.8 Å². The second-order valence-electron chi connectivity index (χ2n) is 6.03. The van der Waals surface area contributed by atoms with Gasteiger partial charge in [0.1, 0.15) is 0 Å². The van der Waals surface area contributed by atoms with E-state index in [9.17, 15) is 9.59 Å². The van der Waals surface area contributed by atoms with Gasteiger partial charge in [0.05, 0.1) is 12.2 Å². The Labute approximate surface area is 141 Å². The quantitative estimate of drug-likeness (QED) is 0.879. The van der Waals surface area contributed by atoms with Crippen LogP contribution in [-0.4, -0.2) is 11.8 Å². The molecule has 0 bridgehead atoms. The van der Waals surface area contributed by atoms with Crippen LogP contribution in [0.25, 0.3) is 0 Å². The molecule has 1 aliphatic rings. The van der Waals surface area contributed by atoms with Crippen molar-refractivity contribution in [3.8, 4) is 0 Å². The van der Waals surface area contributed by atoms with Gasteiger partial charge in [-0.3, -0.25) is 9.59 Å². The van der Waals surface area contributed by atoms with Crippen LogP contribution >= 0.6 is 0 Å². The predicted octanol–water partition coefficient (Wildman–Crippen LogP) is 3.27. The van der Waals surface area contributed by atoms with Crippen LogP contribution in [0.5, 0.6) is 0 Å². The Kier molecular flexibility index (Phi) is 4.21. The number of rotatable bonds is 4. The van der Waals surface area contributed by atoms with Gasteiger partial charge in [-0.15, -0.1) is 0 Å². The first kappa shape index (κ1) is 16.0. The Morgan fingerprint density at radius 1 is 1.25 bits per heavy atom. The molecule has 122 valence electrons. The lowest BCUT2D eigenvalue weighted by Gasteiger charge is -2.24. The van der Waals surface area contributed by atoms with Gasteiger partial charge < -0.3 is 10.2 Å². The zero-order valence-corrected chi connectivity index (χ0v) is 13.9. The molecule has 1 N–H and O–H groups in total. The van der Waals surface area contributed by atoms with Crippen LogP contribution in [0.2, 0.25) is 0 Å². The molecule has 0 aliphatic carbocycles. The van der Waals surface area contributed by atoms with Crippen LogP contribution in [0.4, 0.5) is 5.69 Å². The number of carbonyl (C=O) groups excluding carboxylic acids is 2. The zero-order valence-electron chi connectivity index (χ0n) is 13.9. The number of hydrogen-bond acceptors (Lipinski definition) is 2. The third-order valence-corrected chi connectivity index (χ3v) is 4.47. The number of aryl methyl sites for hydroxylation is 2. The molecular weight excluding hydrogens is 300 g/mol. The molecule has 0 atom stereocenters. The van der Waals surface area contributed by atoms with Gasteiger partial charge in [0.2, 0.25) is 0 Å². The fourth-order valence-electron chi connectivity index (χ4n) is 2.97. The van der Waals surface area contributed by atoms with E-state index >= 15 is 0 Å². The first-order valence-electron chi connectivity index (χ1n) is 7.91. The molecule has 24 heavy (non-hydrogen) atoms. The van der Waals surface area contributed by atoms with Crippen molar-refractivity contribution in [2.75, 3.05) is 4.90 Å². The zero-order chi connectivity index (χ0) is 17.3. The molecule has 4 heteroatoms. The first-order chi connectivity index (χ1) is 11.5. The van der Waals surface area contributed by atoms with Crippen LogP contribution in [-0.2, 0) is 17.9 Å². The SMILES string of the molecule is C=CC(=O)N(Cc1ccc(C)c(C)c1)c1cccc2c1CNC2=O. The molecule has 4 nitrogen and oxygen atoms in total. The lowest BCUT2D eigenvalue weighted by atomic mass is 10.0. The normalized spacial score (nSPS) is 12.5. The van der Waals surface area contributed by atoms with Gasteiger partial charge in [0.25, 0.3) is 11.8 Å². The maximum atomic E-state index is 12.5. The average molecular weight is 320 g/mol. The third-order valence-electron chi connectivity index (χ3n) is 4.47. The minimum absolute atomic E-state index is 0.0935. The van der Waals surface area contributed by atoms with Gasteiger partial charge in [-0.05, 0) is 48.7 Å². The Bertz CT molecular complexity index is 840. The van der Waals surface area contributed by atoms with Crippen molar-refractivity contribution in [3.05, 3.63) is 76.9 Å². The maximum absolute atomic E-state index is 12.5. The number of anilines is 1. The van der Waals surface area contributed by atoms with E-state index < -0.39 is 0 Å². The van der Waals surface area contributed by atoms with Crippen LogP contribution in [0.3, 0.4) is 0 Å². The molecule has 1 aliphatic heterocycles. The minimum atomic E-state index is -0.180. The Morgan fingerprint density at radius 3 is 2.75 bits per heavy atom. The van der Waals surface area contributed by atoms with E-state index in [-0.39, 0.29) is 11.8 Å². The third kappa shape index (κ3) is 2.83. The van der Waals surface area contributed by atoms with Crippen molar-refractivity contribution in [3.63, 3.8) is 0 Å². The average Bonchev–Trinajstić information content (AvgIpc) is 2.97. The highest BCUT2D eigenvalue weighted by Gasteiger charge is 2.25. The lowest BCUT2D eigenvalue weighted by Crippen LogP contribution is -2.29. The van der Waals surface area contributed by atoms with Crippen molar-refractivity contribution < 1.29 is 9.59 Å². The van der Waals surface area contributed by atoms with Gasteiger partial charge in [0, 0.05) is 17.7 Å². The highest BCUT2D eigenvalue weighted by molar-refractivity contribution is 6.05. The monoisotopic (exact) mass is 320 g/mol. The summed E-state index contributed by atoms with van der Waals surface area (Å²) in [6.07, 6.45) is 1.31. The van der Waals surface area contributed by atoms with E-state index in [4.69, 9.17) is 0 Å². The summed E-state index contributed by atoms with van der Waals surface area (Å²) in [6.45, 7) is 8.62. The Hall–Kier alpha value is -2.88. The van der Waals surface area contributed by atoms with Crippen molar-refractivity contribution in [2.45, 2.75) is 26.9 Å². The lowest BCUT2D eigenvalue weighted by molar-refractivity contribution is -0.114. The van der Waals surface area contributed by atoms with E-state index in [1.807, 2.05) is 18.2 Å². The van der Waals surface area contributed by atoms with Crippen LogP contribution < -0.4 is 10.2 Å².